The maximum absolute atomic E-state index is 12.3. The molecule has 0 aliphatic rings. The number of aromatic nitrogens is 3. The Morgan fingerprint density at radius 1 is 0.900 bits per heavy atom. The first kappa shape index (κ1) is 18.1. The van der Waals surface area contributed by atoms with E-state index in [-0.39, 0.29) is 6.61 Å². The maximum Gasteiger partial charge on any atom is 0.357 e. The SMILES string of the molecule is Cn1c2ccncc2c2ccc(-c3ccc(C(=O)OCc4ccccc4)nc3)cc21. The van der Waals surface area contributed by atoms with Crippen molar-refractivity contribution in [2.24, 2.45) is 7.05 Å². The minimum Gasteiger partial charge on any atom is -0.456 e. The fourth-order valence-electron chi connectivity index (χ4n) is 3.72. The van der Waals surface area contributed by atoms with Crippen LogP contribution in [0.5, 0.6) is 0 Å². The van der Waals surface area contributed by atoms with Gasteiger partial charge in [-0.3, -0.25) is 4.98 Å². The van der Waals surface area contributed by atoms with Crippen molar-refractivity contribution in [3.05, 3.63) is 96.6 Å². The molecule has 0 aliphatic carbocycles. The first-order valence-corrected chi connectivity index (χ1v) is 9.70. The number of nitrogens with zero attached hydrogens (tertiary/aromatic N) is 3. The molecule has 146 valence electrons. The number of pyridine rings is 2. The number of fused-ring (bicyclic) bond motifs is 3. The van der Waals surface area contributed by atoms with E-state index in [1.54, 1.807) is 12.3 Å². The third-order valence-electron chi connectivity index (χ3n) is 5.33. The Balaban J connectivity index is 1.40. The average Bonchev–Trinajstić information content (AvgIpc) is 3.10. The molecule has 3 heterocycles. The number of hydrogen-bond donors (Lipinski definition) is 0. The van der Waals surface area contributed by atoms with Crippen molar-refractivity contribution in [3.8, 4) is 11.1 Å². The summed E-state index contributed by atoms with van der Waals surface area (Å²) in [6.07, 6.45) is 5.42. The number of aryl methyl sites for hydroxylation is 1. The molecular weight excluding hydrogens is 374 g/mol. The van der Waals surface area contributed by atoms with Crippen LogP contribution in [0.1, 0.15) is 16.1 Å². The van der Waals surface area contributed by atoms with E-state index < -0.39 is 5.97 Å². The van der Waals surface area contributed by atoms with Crippen molar-refractivity contribution in [3.63, 3.8) is 0 Å². The number of carbonyl (C=O) groups excluding carboxylic acids is 1. The second-order valence-electron chi connectivity index (χ2n) is 7.18. The number of esters is 1. The van der Waals surface area contributed by atoms with Crippen molar-refractivity contribution in [1.82, 2.24) is 14.5 Å². The zero-order chi connectivity index (χ0) is 20.5. The quantitative estimate of drug-likeness (QED) is 0.397. The summed E-state index contributed by atoms with van der Waals surface area (Å²) in [4.78, 5) is 20.9. The summed E-state index contributed by atoms with van der Waals surface area (Å²) >= 11 is 0. The molecule has 0 aliphatic heterocycles. The molecule has 0 bridgehead atoms. The van der Waals surface area contributed by atoms with E-state index in [1.165, 1.54) is 5.39 Å². The molecule has 0 spiro atoms. The highest BCUT2D eigenvalue weighted by Crippen LogP contribution is 2.31. The van der Waals surface area contributed by atoms with Crippen LogP contribution >= 0.6 is 0 Å². The monoisotopic (exact) mass is 393 g/mol. The van der Waals surface area contributed by atoms with E-state index in [1.807, 2.05) is 54.9 Å². The van der Waals surface area contributed by atoms with Crippen LogP contribution in [0.2, 0.25) is 0 Å². The summed E-state index contributed by atoms with van der Waals surface area (Å²) in [5, 5.41) is 2.30. The highest BCUT2D eigenvalue weighted by molar-refractivity contribution is 6.08. The largest absolute Gasteiger partial charge is 0.456 e. The standard InChI is InChI=1S/C25H19N3O2/c1-28-23-11-12-26-15-21(23)20-9-7-18(13-24(20)28)19-8-10-22(27-14-19)25(29)30-16-17-5-3-2-4-6-17/h2-15H,16H2,1H3. The smallest absolute Gasteiger partial charge is 0.357 e. The predicted octanol–water partition coefficient (Wildman–Crippen LogP) is 5.15. The normalized spacial score (nSPS) is 11.1. The fraction of sp³-hybridized carbons (Fsp3) is 0.0800. The lowest BCUT2D eigenvalue weighted by Gasteiger charge is -2.06. The van der Waals surface area contributed by atoms with E-state index in [0.29, 0.717) is 5.69 Å². The third kappa shape index (κ3) is 3.20. The summed E-state index contributed by atoms with van der Waals surface area (Å²) in [6, 6.07) is 21.5. The number of ether oxygens (including phenoxy) is 1. The van der Waals surface area contributed by atoms with Crippen molar-refractivity contribution in [2.45, 2.75) is 6.61 Å². The Morgan fingerprint density at radius 3 is 2.53 bits per heavy atom. The number of carbonyl (C=O) groups is 1. The van der Waals surface area contributed by atoms with E-state index in [0.717, 1.165) is 33.1 Å². The van der Waals surface area contributed by atoms with Gasteiger partial charge in [-0.2, -0.15) is 0 Å². The molecule has 0 amide bonds. The molecule has 0 saturated carbocycles. The Kier molecular flexibility index (Phi) is 4.48. The highest BCUT2D eigenvalue weighted by Gasteiger charge is 2.12. The van der Waals surface area contributed by atoms with Crippen molar-refractivity contribution in [1.29, 1.82) is 0 Å². The Hall–Kier alpha value is -3.99. The van der Waals surface area contributed by atoms with Gasteiger partial charge in [-0.25, -0.2) is 9.78 Å². The van der Waals surface area contributed by atoms with Crippen molar-refractivity contribution < 1.29 is 9.53 Å². The van der Waals surface area contributed by atoms with Crippen LogP contribution < -0.4 is 0 Å². The molecule has 3 aromatic heterocycles. The molecule has 0 fully saturated rings. The first-order valence-electron chi connectivity index (χ1n) is 9.70. The van der Waals surface area contributed by atoms with Crippen molar-refractivity contribution >= 4 is 27.8 Å². The first-order chi connectivity index (χ1) is 14.7. The lowest BCUT2D eigenvalue weighted by molar-refractivity contribution is 0.0466. The molecule has 0 saturated heterocycles. The zero-order valence-corrected chi connectivity index (χ0v) is 16.4. The van der Waals surface area contributed by atoms with Gasteiger partial charge in [-0.05, 0) is 29.3 Å². The molecule has 2 aromatic carbocycles. The van der Waals surface area contributed by atoms with E-state index >= 15 is 0 Å². The van der Waals surface area contributed by atoms with Crippen LogP contribution in [-0.2, 0) is 18.4 Å². The van der Waals surface area contributed by atoms with Gasteiger partial charge in [0.1, 0.15) is 12.3 Å². The molecule has 5 heteroatoms. The molecule has 0 unspecified atom stereocenters. The second-order valence-corrected chi connectivity index (χ2v) is 7.18. The van der Waals surface area contributed by atoms with Gasteiger partial charge < -0.3 is 9.30 Å². The predicted molar refractivity (Wildman–Crippen MR) is 117 cm³/mol. The van der Waals surface area contributed by atoms with Gasteiger partial charge in [0.25, 0.3) is 0 Å². The topological polar surface area (TPSA) is 57.0 Å². The molecule has 5 rings (SSSR count). The van der Waals surface area contributed by atoms with Crippen LogP contribution in [-0.4, -0.2) is 20.5 Å². The second kappa shape index (κ2) is 7.44. The van der Waals surface area contributed by atoms with Crippen molar-refractivity contribution in [2.75, 3.05) is 0 Å². The van der Waals surface area contributed by atoms with Crippen LogP contribution in [0, 0.1) is 0 Å². The van der Waals surface area contributed by atoms with Gasteiger partial charge in [0.15, 0.2) is 0 Å². The summed E-state index contributed by atoms with van der Waals surface area (Å²) in [5.41, 5.74) is 5.50. The van der Waals surface area contributed by atoms with Crippen LogP contribution in [0.3, 0.4) is 0 Å². The van der Waals surface area contributed by atoms with Gasteiger partial charge in [-0.1, -0.05) is 48.5 Å². The van der Waals surface area contributed by atoms with Gasteiger partial charge in [0.05, 0.1) is 5.52 Å². The number of benzene rings is 2. The van der Waals surface area contributed by atoms with Gasteiger partial charge in [0, 0.05) is 47.5 Å². The van der Waals surface area contributed by atoms with Crippen LogP contribution in [0.25, 0.3) is 32.9 Å². The Morgan fingerprint density at radius 2 is 1.73 bits per heavy atom. The van der Waals surface area contributed by atoms with E-state index in [9.17, 15) is 4.79 Å². The van der Waals surface area contributed by atoms with Crippen LogP contribution in [0.4, 0.5) is 0 Å². The highest BCUT2D eigenvalue weighted by atomic mass is 16.5. The fourth-order valence-corrected chi connectivity index (χ4v) is 3.72. The zero-order valence-electron chi connectivity index (χ0n) is 16.4. The molecule has 5 nitrogen and oxygen atoms in total. The Labute approximate surface area is 173 Å². The summed E-state index contributed by atoms with van der Waals surface area (Å²) in [6.45, 7) is 0.232. The third-order valence-corrected chi connectivity index (χ3v) is 5.33. The average molecular weight is 393 g/mol. The summed E-state index contributed by atoms with van der Waals surface area (Å²) in [7, 11) is 2.05. The number of hydrogen-bond acceptors (Lipinski definition) is 4. The lowest BCUT2D eigenvalue weighted by Crippen LogP contribution is -2.07. The van der Waals surface area contributed by atoms with E-state index in [4.69, 9.17) is 4.74 Å². The van der Waals surface area contributed by atoms with Gasteiger partial charge in [0.2, 0.25) is 0 Å². The maximum atomic E-state index is 12.3. The number of rotatable bonds is 4. The van der Waals surface area contributed by atoms with E-state index in [2.05, 4.69) is 39.8 Å². The minimum absolute atomic E-state index is 0.232. The van der Waals surface area contributed by atoms with Crippen LogP contribution in [0.15, 0.2) is 85.3 Å². The molecular formula is C25H19N3O2. The van der Waals surface area contributed by atoms with Gasteiger partial charge >= 0.3 is 5.97 Å². The molecule has 30 heavy (non-hydrogen) atoms. The van der Waals surface area contributed by atoms with Gasteiger partial charge in [-0.15, -0.1) is 0 Å². The summed E-state index contributed by atoms with van der Waals surface area (Å²) < 4.78 is 7.52. The summed E-state index contributed by atoms with van der Waals surface area (Å²) in [5.74, 6) is -0.429. The Bertz CT molecular complexity index is 1360. The minimum atomic E-state index is -0.429. The lowest BCUT2D eigenvalue weighted by atomic mass is 10.0. The molecule has 5 aromatic rings. The molecule has 0 N–H and O–H groups in total. The molecule has 0 radical (unpaired) electrons. The molecule has 0 atom stereocenters.